The van der Waals surface area contributed by atoms with Gasteiger partial charge in [0.05, 0.1) is 10.8 Å². The Labute approximate surface area is 238 Å². The Morgan fingerprint density at radius 2 is 1.44 bits per heavy atom. The number of hydrogen-bond acceptors (Lipinski definition) is 5. The number of hydrogen-bond donors (Lipinski definition) is 0. The van der Waals surface area contributed by atoms with E-state index < -0.39 is 16.0 Å². The highest BCUT2D eigenvalue weighted by atomic mass is 32.2. The van der Waals surface area contributed by atoms with Crippen molar-refractivity contribution in [3.8, 4) is 5.75 Å². The molecule has 204 valence electrons. The summed E-state index contributed by atoms with van der Waals surface area (Å²) in [6, 6.07) is 28.5. The Morgan fingerprint density at radius 3 is 2.20 bits per heavy atom. The van der Waals surface area contributed by atoms with Gasteiger partial charge >= 0.3 is 5.97 Å². The van der Waals surface area contributed by atoms with Crippen molar-refractivity contribution in [2.75, 3.05) is 0 Å². The number of carbonyl (C=O) groups excluding carboxylic acids is 1. The van der Waals surface area contributed by atoms with Crippen molar-refractivity contribution in [1.29, 1.82) is 0 Å². The zero-order valence-electron chi connectivity index (χ0n) is 22.3. The summed E-state index contributed by atoms with van der Waals surface area (Å²) in [4.78, 5) is 14.0. The summed E-state index contributed by atoms with van der Waals surface area (Å²) >= 11 is 0. The van der Waals surface area contributed by atoms with Crippen LogP contribution in [0.1, 0.15) is 64.5 Å². The molecule has 4 aliphatic rings. The fraction of sp³-hybridized carbons (Fsp3) is 0.229. The lowest BCUT2D eigenvalue weighted by atomic mass is 9.58. The van der Waals surface area contributed by atoms with E-state index in [-0.39, 0.29) is 22.7 Å². The first kappa shape index (κ1) is 24.8. The van der Waals surface area contributed by atoms with Gasteiger partial charge in [0.1, 0.15) is 15.9 Å². The number of fused-ring (bicyclic) bond motifs is 4. The first-order valence-corrected chi connectivity index (χ1v) is 15.7. The minimum Gasteiger partial charge on any atom is -0.744 e. The lowest BCUT2D eigenvalue weighted by molar-refractivity contribution is -0.140. The van der Waals surface area contributed by atoms with Gasteiger partial charge in [-0.15, -0.1) is 0 Å². The molecule has 0 heterocycles. The molecule has 5 nitrogen and oxygen atoms in total. The van der Waals surface area contributed by atoms with Gasteiger partial charge in [0.25, 0.3) is 0 Å². The summed E-state index contributed by atoms with van der Waals surface area (Å²) in [7, 11) is -4.61. The maximum absolute atomic E-state index is 14.1. The van der Waals surface area contributed by atoms with Crippen molar-refractivity contribution < 1.29 is 22.5 Å². The SMILES string of the molecule is O=C(Oc1ccc(S(=O)(=O)[O-])c2c1CCCC2)C1CC2c3cc4ccccc4cc3C1c1c2ccc2ccccc12. The van der Waals surface area contributed by atoms with Crippen molar-refractivity contribution in [3.63, 3.8) is 0 Å². The fourth-order valence-corrected chi connectivity index (χ4v) is 8.50. The van der Waals surface area contributed by atoms with Crippen LogP contribution in [0.15, 0.2) is 89.8 Å². The monoisotopic (exact) mass is 559 g/mol. The summed E-state index contributed by atoms with van der Waals surface area (Å²) in [6.45, 7) is 0. The molecule has 0 aromatic heterocycles. The molecule has 4 aliphatic carbocycles. The molecular formula is C35H27O5S-. The molecule has 0 saturated heterocycles. The van der Waals surface area contributed by atoms with Gasteiger partial charge < -0.3 is 9.29 Å². The Kier molecular flexibility index (Phi) is 5.44. The molecule has 0 N–H and O–H groups in total. The topological polar surface area (TPSA) is 83.5 Å². The molecule has 3 atom stereocenters. The molecule has 41 heavy (non-hydrogen) atoms. The summed E-state index contributed by atoms with van der Waals surface area (Å²) in [5.41, 5.74) is 6.14. The molecule has 6 heteroatoms. The molecule has 2 bridgehead atoms. The number of benzene rings is 5. The number of esters is 1. The van der Waals surface area contributed by atoms with E-state index in [9.17, 15) is 17.8 Å². The van der Waals surface area contributed by atoms with Crippen LogP contribution in [0.4, 0.5) is 0 Å². The molecule has 0 fully saturated rings. The van der Waals surface area contributed by atoms with Crippen molar-refractivity contribution in [1.82, 2.24) is 0 Å². The molecule has 0 spiro atoms. The highest BCUT2D eigenvalue weighted by Gasteiger charge is 2.48. The van der Waals surface area contributed by atoms with Crippen molar-refractivity contribution in [2.45, 2.75) is 48.8 Å². The highest BCUT2D eigenvalue weighted by molar-refractivity contribution is 7.85. The molecular weight excluding hydrogens is 532 g/mol. The number of carbonyl (C=O) groups is 1. The average Bonchev–Trinajstić information content (AvgIpc) is 2.99. The van der Waals surface area contributed by atoms with E-state index in [1.54, 1.807) is 0 Å². The maximum atomic E-state index is 14.1. The van der Waals surface area contributed by atoms with E-state index in [2.05, 4.69) is 60.7 Å². The molecule has 0 radical (unpaired) electrons. The second kappa shape index (κ2) is 9.00. The van der Waals surface area contributed by atoms with Crippen LogP contribution in [0, 0.1) is 5.92 Å². The minimum atomic E-state index is -4.61. The first-order chi connectivity index (χ1) is 19.9. The van der Waals surface area contributed by atoms with E-state index in [0.29, 0.717) is 36.1 Å². The third kappa shape index (κ3) is 3.77. The van der Waals surface area contributed by atoms with E-state index >= 15 is 0 Å². The van der Waals surface area contributed by atoms with Crippen LogP contribution < -0.4 is 4.74 Å². The predicted octanol–water partition coefficient (Wildman–Crippen LogP) is 6.98. The molecule has 0 aliphatic heterocycles. The van der Waals surface area contributed by atoms with Crippen LogP contribution in [-0.4, -0.2) is 18.9 Å². The van der Waals surface area contributed by atoms with Crippen LogP contribution in [0.2, 0.25) is 0 Å². The average molecular weight is 560 g/mol. The standard InChI is InChI=1S/C35H28O5S/c36-35(40-31-15-16-32(41(37,38)39)25-12-6-5-11-24(25)31)30-19-28-26-14-13-20-7-3-4-10-23(20)33(26)34(30)29-18-22-9-2-1-8-21(22)17-27(28)29/h1-4,7-10,13-18,28,30,34H,5-6,11-12,19H2,(H,37,38,39)/p-1. The van der Waals surface area contributed by atoms with E-state index in [0.717, 1.165) is 23.6 Å². The van der Waals surface area contributed by atoms with Gasteiger partial charge in [-0.05, 0) is 99.2 Å². The van der Waals surface area contributed by atoms with Crippen LogP contribution in [0.3, 0.4) is 0 Å². The Balaban J connectivity index is 1.27. The molecule has 0 amide bonds. The van der Waals surface area contributed by atoms with Gasteiger partial charge in [0, 0.05) is 11.8 Å². The smallest absolute Gasteiger partial charge is 0.315 e. The van der Waals surface area contributed by atoms with Gasteiger partial charge in [-0.1, -0.05) is 72.8 Å². The lowest BCUT2D eigenvalue weighted by Crippen LogP contribution is -2.38. The third-order valence-corrected chi connectivity index (χ3v) is 10.4. The van der Waals surface area contributed by atoms with E-state index in [1.807, 2.05) is 12.1 Å². The normalized spacial score (nSPS) is 20.9. The Hall–Kier alpha value is -4.00. The summed E-state index contributed by atoms with van der Waals surface area (Å²) < 4.78 is 42.0. The van der Waals surface area contributed by atoms with Gasteiger partial charge in [0.15, 0.2) is 0 Å². The maximum Gasteiger partial charge on any atom is 0.315 e. The van der Waals surface area contributed by atoms with Crippen LogP contribution in [-0.2, 0) is 27.8 Å². The molecule has 5 aromatic rings. The highest BCUT2D eigenvalue weighted by Crippen LogP contribution is 2.58. The Bertz CT molecular complexity index is 2020. The second-order valence-corrected chi connectivity index (χ2v) is 12.9. The molecule has 9 rings (SSSR count). The second-order valence-electron chi connectivity index (χ2n) is 11.6. The van der Waals surface area contributed by atoms with Gasteiger partial charge in [-0.25, -0.2) is 8.42 Å². The predicted molar refractivity (Wildman–Crippen MR) is 156 cm³/mol. The van der Waals surface area contributed by atoms with Crippen LogP contribution in [0.25, 0.3) is 21.5 Å². The molecule has 5 aromatic carbocycles. The van der Waals surface area contributed by atoms with Crippen LogP contribution >= 0.6 is 0 Å². The number of rotatable bonds is 3. The molecule has 0 saturated carbocycles. The van der Waals surface area contributed by atoms with Crippen LogP contribution in [0.5, 0.6) is 5.75 Å². The fourth-order valence-electron chi connectivity index (χ4n) is 7.74. The number of ether oxygens (including phenoxy) is 1. The minimum absolute atomic E-state index is 0.0682. The molecule has 3 unspecified atom stereocenters. The van der Waals surface area contributed by atoms with Gasteiger partial charge in [-0.3, -0.25) is 4.79 Å². The van der Waals surface area contributed by atoms with Crippen molar-refractivity contribution in [3.05, 3.63) is 118 Å². The summed E-state index contributed by atoms with van der Waals surface area (Å²) in [5, 5.41) is 4.66. The lowest BCUT2D eigenvalue weighted by Gasteiger charge is -2.45. The first-order valence-electron chi connectivity index (χ1n) is 14.2. The summed E-state index contributed by atoms with van der Waals surface area (Å²) in [6.07, 6.45) is 3.38. The zero-order valence-corrected chi connectivity index (χ0v) is 23.1. The quantitative estimate of drug-likeness (QED) is 0.135. The van der Waals surface area contributed by atoms with Gasteiger partial charge in [0.2, 0.25) is 0 Å². The van der Waals surface area contributed by atoms with Crippen molar-refractivity contribution in [2.24, 2.45) is 5.92 Å². The van der Waals surface area contributed by atoms with Crippen molar-refractivity contribution >= 4 is 37.6 Å². The largest absolute Gasteiger partial charge is 0.744 e. The Morgan fingerprint density at radius 1 is 0.756 bits per heavy atom. The third-order valence-electron chi connectivity index (χ3n) is 9.48. The van der Waals surface area contributed by atoms with Gasteiger partial charge in [-0.2, -0.15) is 0 Å². The van der Waals surface area contributed by atoms with E-state index in [1.165, 1.54) is 45.2 Å². The summed E-state index contributed by atoms with van der Waals surface area (Å²) in [5.74, 6) is -0.406. The zero-order chi connectivity index (χ0) is 27.9. The van der Waals surface area contributed by atoms with E-state index in [4.69, 9.17) is 4.74 Å².